The van der Waals surface area contributed by atoms with Crippen LogP contribution in [0.25, 0.3) is 0 Å². The Morgan fingerprint density at radius 1 is 0.741 bits per heavy atom. The van der Waals surface area contributed by atoms with Gasteiger partial charge in [0, 0.05) is 64.8 Å². The van der Waals surface area contributed by atoms with E-state index < -0.39 is 5.82 Å². The van der Waals surface area contributed by atoms with E-state index in [9.17, 15) is 4.39 Å². The van der Waals surface area contributed by atoms with Crippen molar-refractivity contribution in [3.8, 4) is 0 Å². The fourth-order valence-electron chi connectivity index (χ4n) is 2.49. The molecule has 2 saturated heterocycles. The third kappa shape index (κ3) is 9.30. The van der Waals surface area contributed by atoms with Crippen LogP contribution in [-0.2, 0) is 0 Å². The SMILES string of the molecule is C1CNCCN1.Clc1cncc(N2CCNCC2)c1.Fc1cncc(Cl)c1. The van der Waals surface area contributed by atoms with Gasteiger partial charge >= 0.3 is 0 Å². The van der Waals surface area contributed by atoms with Crippen molar-refractivity contribution in [2.24, 2.45) is 0 Å². The Bertz CT molecular complexity index is 637. The molecule has 27 heavy (non-hydrogen) atoms. The van der Waals surface area contributed by atoms with Gasteiger partial charge in [-0.15, -0.1) is 0 Å². The van der Waals surface area contributed by atoms with Crippen molar-refractivity contribution in [1.82, 2.24) is 25.9 Å². The van der Waals surface area contributed by atoms with Crippen molar-refractivity contribution in [2.75, 3.05) is 57.3 Å². The fraction of sp³-hybridized carbons (Fsp3) is 0.444. The third-order valence-electron chi connectivity index (χ3n) is 3.80. The molecule has 0 bridgehead atoms. The number of hydrogen-bond donors (Lipinski definition) is 3. The summed E-state index contributed by atoms with van der Waals surface area (Å²) in [5.41, 5.74) is 1.12. The second-order valence-electron chi connectivity index (χ2n) is 5.92. The standard InChI is InChI=1S/C9H12ClN3.C5H3ClFN.C4H10N2/c10-8-5-9(7-12-6-8)13-3-1-11-2-4-13;6-4-1-5(7)3-8-2-4;1-2-6-4-3-5-1/h5-7,11H,1-4H2;1-3H;5-6H,1-4H2. The zero-order chi connectivity index (χ0) is 19.3. The maximum Gasteiger partial charge on any atom is 0.142 e. The number of halogens is 3. The van der Waals surface area contributed by atoms with Crippen LogP contribution in [0.2, 0.25) is 10.0 Å². The van der Waals surface area contributed by atoms with Crippen molar-refractivity contribution in [3.63, 3.8) is 0 Å². The average Bonchev–Trinajstić information content (AvgIpc) is 2.71. The molecular formula is C18H25Cl2FN6. The zero-order valence-corrected chi connectivity index (χ0v) is 16.6. The predicted molar refractivity (Wildman–Crippen MR) is 109 cm³/mol. The third-order valence-corrected chi connectivity index (χ3v) is 4.21. The van der Waals surface area contributed by atoms with E-state index in [1.165, 1.54) is 12.3 Å². The molecule has 2 fully saturated rings. The molecule has 0 radical (unpaired) electrons. The van der Waals surface area contributed by atoms with Crippen molar-refractivity contribution in [1.29, 1.82) is 0 Å². The van der Waals surface area contributed by atoms with E-state index >= 15 is 0 Å². The fourth-order valence-corrected chi connectivity index (χ4v) is 2.81. The molecule has 3 N–H and O–H groups in total. The molecule has 0 atom stereocenters. The second-order valence-corrected chi connectivity index (χ2v) is 6.79. The number of piperazine rings is 2. The molecule has 6 nitrogen and oxygen atoms in total. The van der Waals surface area contributed by atoms with E-state index in [0.29, 0.717) is 10.0 Å². The van der Waals surface area contributed by atoms with Gasteiger partial charge in [-0.3, -0.25) is 9.97 Å². The average molecular weight is 415 g/mol. The van der Waals surface area contributed by atoms with Crippen LogP contribution in [0.4, 0.5) is 10.1 Å². The summed E-state index contributed by atoms with van der Waals surface area (Å²) in [6.07, 6.45) is 6.00. The highest BCUT2D eigenvalue weighted by molar-refractivity contribution is 6.30. The number of pyridine rings is 2. The summed E-state index contributed by atoms with van der Waals surface area (Å²) in [5, 5.41) is 10.8. The van der Waals surface area contributed by atoms with Gasteiger partial charge in [-0.2, -0.15) is 0 Å². The summed E-state index contributed by atoms with van der Waals surface area (Å²) in [6, 6.07) is 3.16. The summed E-state index contributed by atoms with van der Waals surface area (Å²) >= 11 is 11.2. The lowest BCUT2D eigenvalue weighted by Gasteiger charge is -2.29. The monoisotopic (exact) mass is 414 g/mol. The minimum absolute atomic E-state index is 0.324. The molecule has 2 aromatic heterocycles. The summed E-state index contributed by atoms with van der Waals surface area (Å²) in [6.45, 7) is 8.68. The second kappa shape index (κ2) is 12.8. The van der Waals surface area contributed by atoms with Crippen LogP contribution in [-0.4, -0.2) is 62.3 Å². The Hall–Kier alpha value is -1.51. The molecule has 4 heterocycles. The Balaban J connectivity index is 0.000000159. The summed E-state index contributed by atoms with van der Waals surface area (Å²) < 4.78 is 12.0. The molecule has 9 heteroatoms. The van der Waals surface area contributed by atoms with Gasteiger partial charge in [-0.1, -0.05) is 23.2 Å². The van der Waals surface area contributed by atoms with Gasteiger partial charge < -0.3 is 20.9 Å². The molecular weight excluding hydrogens is 390 g/mol. The molecule has 2 aliphatic heterocycles. The lowest BCUT2D eigenvalue weighted by atomic mass is 10.3. The van der Waals surface area contributed by atoms with Crippen molar-refractivity contribution < 1.29 is 4.39 Å². The van der Waals surface area contributed by atoms with E-state index in [4.69, 9.17) is 23.2 Å². The maximum absolute atomic E-state index is 12.0. The summed E-state index contributed by atoms with van der Waals surface area (Å²) in [4.78, 5) is 9.83. The van der Waals surface area contributed by atoms with E-state index in [-0.39, 0.29) is 0 Å². The minimum atomic E-state index is -0.405. The molecule has 148 valence electrons. The smallest absolute Gasteiger partial charge is 0.142 e. The van der Waals surface area contributed by atoms with Gasteiger partial charge in [0.25, 0.3) is 0 Å². The molecule has 2 aliphatic rings. The number of nitrogens with zero attached hydrogens (tertiary/aromatic N) is 3. The zero-order valence-electron chi connectivity index (χ0n) is 15.1. The van der Waals surface area contributed by atoms with Crippen LogP contribution in [0, 0.1) is 5.82 Å². The molecule has 0 amide bonds. The normalized spacial score (nSPS) is 16.5. The topological polar surface area (TPSA) is 65.1 Å². The quantitative estimate of drug-likeness (QED) is 0.664. The van der Waals surface area contributed by atoms with Crippen LogP contribution >= 0.6 is 23.2 Å². The lowest BCUT2D eigenvalue weighted by molar-refractivity contribution is 0.534. The first kappa shape index (κ1) is 21.8. The number of nitrogens with one attached hydrogen (secondary N) is 3. The molecule has 0 spiro atoms. The minimum Gasteiger partial charge on any atom is -0.368 e. The molecule has 0 unspecified atom stereocenters. The van der Waals surface area contributed by atoms with Crippen molar-refractivity contribution >= 4 is 28.9 Å². The molecule has 0 aliphatic carbocycles. The van der Waals surface area contributed by atoms with E-state index in [1.807, 2.05) is 12.3 Å². The van der Waals surface area contributed by atoms with Gasteiger partial charge in [0.2, 0.25) is 0 Å². The van der Waals surface area contributed by atoms with Crippen LogP contribution in [0.15, 0.2) is 36.9 Å². The largest absolute Gasteiger partial charge is 0.368 e. The summed E-state index contributed by atoms with van der Waals surface area (Å²) in [7, 11) is 0. The first-order valence-electron chi connectivity index (χ1n) is 8.89. The predicted octanol–water partition coefficient (Wildman–Crippen LogP) is 2.20. The van der Waals surface area contributed by atoms with Crippen LogP contribution in [0.3, 0.4) is 0 Å². The molecule has 2 aromatic rings. The van der Waals surface area contributed by atoms with E-state index in [2.05, 4.69) is 30.8 Å². The first-order valence-corrected chi connectivity index (χ1v) is 9.64. The van der Waals surface area contributed by atoms with Gasteiger partial charge in [-0.25, -0.2) is 4.39 Å². The number of anilines is 1. The molecule has 4 rings (SSSR count). The van der Waals surface area contributed by atoms with Crippen LogP contribution < -0.4 is 20.9 Å². The Morgan fingerprint density at radius 2 is 1.26 bits per heavy atom. The molecule has 0 aromatic carbocycles. The lowest BCUT2D eigenvalue weighted by Crippen LogP contribution is -2.43. The first-order chi connectivity index (χ1) is 13.1. The Morgan fingerprint density at radius 3 is 1.70 bits per heavy atom. The maximum atomic E-state index is 12.0. The van der Waals surface area contributed by atoms with Gasteiger partial charge in [0.15, 0.2) is 0 Å². The van der Waals surface area contributed by atoms with Crippen LogP contribution in [0.5, 0.6) is 0 Å². The highest BCUT2D eigenvalue weighted by atomic mass is 35.5. The van der Waals surface area contributed by atoms with Crippen molar-refractivity contribution in [3.05, 3.63) is 52.8 Å². The highest BCUT2D eigenvalue weighted by Gasteiger charge is 2.10. The van der Waals surface area contributed by atoms with Crippen molar-refractivity contribution in [2.45, 2.75) is 0 Å². The van der Waals surface area contributed by atoms with Crippen LogP contribution in [0.1, 0.15) is 0 Å². The van der Waals surface area contributed by atoms with Gasteiger partial charge in [0.1, 0.15) is 5.82 Å². The van der Waals surface area contributed by atoms with Gasteiger partial charge in [0.05, 0.1) is 28.1 Å². The number of rotatable bonds is 1. The Labute approximate surface area is 169 Å². The number of aromatic nitrogens is 2. The number of hydrogen-bond acceptors (Lipinski definition) is 6. The summed E-state index contributed by atoms with van der Waals surface area (Å²) in [5.74, 6) is -0.405. The van der Waals surface area contributed by atoms with E-state index in [0.717, 1.165) is 64.2 Å². The van der Waals surface area contributed by atoms with E-state index in [1.54, 1.807) is 6.20 Å². The molecule has 0 saturated carbocycles. The highest BCUT2D eigenvalue weighted by Crippen LogP contribution is 2.17. The van der Waals surface area contributed by atoms with Gasteiger partial charge in [-0.05, 0) is 12.1 Å². The Kier molecular flexibility index (Phi) is 10.3.